The van der Waals surface area contributed by atoms with Gasteiger partial charge in [0.25, 0.3) is 0 Å². The van der Waals surface area contributed by atoms with Crippen LogP contribution in [0.1, 0.15) is 53.4 Å². The Labute approximate surface area is 99.4 Å². The summed E-state index contributed by atoms with van der Waals surface area (Å²) in [5.41, 5.74) is 0. The van der Waals surface area contributed by atoms with Crippen LogP contribution < -0.4 is 0 Å². The SMILES string of the molecule is CC(C)CC1CC1C.CC1CC1CC(=O)O. The lowest BCUT2D eigenvalue weighted by Gasteiger charge is -1.99. The summed E-state index contributed by atoms with van der Waals surface area (Å²) in [7, 11) is 0. The number of hydrogen-bond donors (Lipinski definition) is 1. The number of carboxylic acid groups (broad SMARTS) is 1. The van der Waals surface area contributed by atoms with Crippen LogP contribution in [0.3, 0.4) is 0 Å². The maximum atomic E-state index is 10.00. The zero-order chi connectivity index (χ0) is 12.3. The first-order chi connectivity index (χ1) is 7.40. The second-order valence-electron chi connectivity index (χ2n) is 6.17. The molecule has 2 rings (SSSR count). The van der Waals surface area contributed by atoms with E-state index in [4.69, 9.17) is 5.11 Å². The Balaban J connectivity index is 0.000000160. The van der Waals surface area contributed by atoms with E-state index in [1.165, 1.54) is 12.8 Å². The molecule has 1 N–H and O–H groups in total. The van der Waals surface area contributed by atoms with Gasteiger partial charge in [0.1, 0.15) is 0 Å². The van der Waals surface area contributed by atoms with Crippen LogP contribution in [-0.4, -0.2) is 11.1 Å². The maximum absolute atomic E-state index is 10.00. The Morgan fingerprint density at radius 2 is 1.62 bits per heavy atom. The molecule has 2 aliphatic rings. The van der Waals surface area contributed by atoms with Gasteiger partial charge in [0.05, 0.1) is 0 Å². The molecule has 0 aromatic heterocycles. The van der Waals surface area contributed by atoms with Gasteiger partial charge >= 0.3 is 5.97 Å². The Kier molecular flexibility index (Phi) is 4.82. The highest BCUT2D eigenvalue weighted by Gasteiger charge is 2.34. The minimum absolute atomic E-state index is 0.376. The molecular formula is C14H26O2. The summed E-state index contributed by atoms with van der Waals surface area (Å²) in [6, 6.07) is 0. The number of aliphatic carboxylic acids is 1. The zero-order valence-electron chi connectivity index (χ0n) is 11.1. The molecule has 4 unspecified atom stereocenters. The number of rotatable bonds is 4. The quantitative estimate of drug-likeness (QED) is 0.791. The van der Waals surface area contributed by atoms with Crippen LogP contribution in [0.5, 0.6) is 0 Å². The standard InChI is InChI=1S/C8H16.C6H10O2/c1-6(2)4-8-5-7(8)3;1-4-2-5(4)3-6(7)8/h6-8H,4-5H2,1-3H3;4-5H,2-3H2,1H3,(H,7,8). The van der Waals surface area contributed by atoms with Crippen LogP contribution >= 0.6 is 0 Å². The normalized spacial score (nSPS) is 35.3. The van der Waals surface area contributed by atoms with E-state index in [9.17, 15) is 4.79 Å². The van der Waals surface area contributed by atoms with Crippen LogP contribution in [0.2, 0.25) is 0 Å². The van der Waals surface area contributed by atoms with Crippen molar-refractivity contribution in [2.24, 2.45) is 29.6 Å². The fraction of sp³-hybridized carbons (Fsp3) is 0.929. The van der Waals surface area contributed by atoms with Crippen LogP contribution in [-0.2, 0) is 4.79 Å². The Hall–Kier alpha value is -0.530. The first-order valence-corrected chi connectivity index (χ1v) is 6.62. The van der Waals surface area contributed by atoms with Crippen LogP contribution in [0, 0.1) is 29.6 Å². The Morgan fingerprint density at radius 1 is 1.19 bits per heavy atom. The van der Waals surface area contributed by atoms with Gasteiger partial charge in [0.15, 0.2) is 0 Å². The van der Waals surface area contributed by atoms with Crippen molar-refractivity contribution in [3.8, 4) is 0 Å². The highest BCUT2D eigenvalue weighted by atomic mass is 16.4. The van der Waals surface area contributed by atoms with Crippen molar-refractivity contribution >= 4 is 5.97 Å². The van der Waals surface area contributed by atoms with E-state index in [1.54, 1.807) is 0 Å². The zero-order valence-corrected chi connectivity index (χ0v) is 11.1. The summed E-state index contributed by atoms with van der Waals surface area (Å²) in [6.45, 7) is 9.07. The van der Waals surface area contributed by atoms with Gasteiger partial charge in [-0.1, -0.05) is 27.7 Å². The maximum Gasteiger partial charge on any atom is 0.303 e. The van der Waals surface area contributed by atoms with Gasteiger partial charge in [-0.2, -0.15) is 0 Å². The largest absolute Gasteiger partial charge is 0.481 e. The van der Waals surface area contributed by atoms with Gasteiger partial charge in [-0.05, 0) is 48.9 Å². The summed E-state index contributed by atoms with van der Waals surface area (Å²) in [5, 5.41) is 8.24. The van der Waals surface area contributed by atoms with E-state index >= 15 is 0 Å². The summed E-state index contributed by atoms with van der Waals surface area (Å²) in [4.78, 5) is 10.00. The van der Waals surface area contributed by atoms with Gasteiger partial charge in [-0.3, -0.25) is 4.79 Å². The molecule has 16 heavy (non-hydrogen) atoms. The minimum atomic E-state index is -0.653. The van der Waals surface area contributed by atoms with E-state index in [0.29, 0.717) is 18.3 Å². The molecule has 0 heterocycles. The lowest BCUT2D eigenvalue weighted by molar-refractivity contribution is -0.137. The van der Waals surface area contributed by atoms with Crippen LogP contribution in [0.4, 0.5) is 0 Å². The average molecular weight is 226 g/mol. The fourth-order valence-corrected chi connectivity index (χ4v) is 2.24. The van der Waals surface area contributed by atoms with Crippen molar-refractivity contribution in [3.63, 3.8) is 0 Å². The van der Waals surface area contributed by atoms with E-state index in [0.717, 1.165) is 24.2 Å². The molecule has 0 radical (unpaired) electrons. The number of hydrogen-bond acceptors (Lipinski definition) is 1. The molecular weight excluding hydrogens is 200 g/mol. The molecule has 0 aromatic rings. The Bertz CT molecular complexity index is 235. The molecule has 2 nitrogen and oxygen atoms in total. The van der Waals surface area contributed by atoms with Crippen molar-refractivity contribution in [3.05, 3.63) is 0 Å². The molecule has 0 saturated heterocycles. The van der Waals surface area contributed by atoms with Gasteiger partial charge < -0.3 is 5.11 Å². The van der Waals surface area contributed by atoms with Crippen molar-refractivity contribution in [1.82, 2.24) is 0 Å². The number of carboxylic acids is 1. The Morgan fingerprint density at radius 3 is 1.75 bits per heavy atom. The van der Waals surface area contributed by atoms with E-state index in [2.05, 4.69) is 27.7 Å². The smallest absolute Gasteiger partial charge is 0.303 e. The summed E-state index contributed by atoms with van der Waals surface area (Å²) in [6.07, 6.45) is 4.45. The van der Waals surface area contributed by atoms with Crippen LogP contribution in [0.15, 0.2) is 0 Å². The first-order valence-electron chi connectivity index (χ1n) is 6.62. The monoisotopic (exact) mass is 226 g/mol. The summed E-state index contributed by atoms with van der Waals surface area (Å²) < 4.78 is 0. The van der Waals surface area contributed by atoms with E-state index < -0.39 is 5.97 Å². The lowest BCUT2D eigenvalue weighted by Crippen LogP contribution is -1.95. The molecule has 0 spiro atoms. The predicted molar refractivity (Wildman–Crippen MR) is 66.2 cm³/mol. The van der Waals surface area contributed by atoms with Crippen molar-refractivity contribution < 1.29 is 9.90 Å². The third-order valence-electron chi connectivity index (χ3n) is 3.76. The highest BCUT2D eigenvalue weighted by molar-refractivity contribution is 5.67. The molecule has 0 aliphatic heterocycles. The van der Waals surface area contributed by atoms with Crippen LogP contribution in [0.25, 0.3) is 0 Å². The fourth-order valence-electron chi connectivity index (χ4n) is 2.24. The molecule has 94 valence electrons. The molecule has 0 amide bonds. The van der Waals surface area contributed by atoms with Gasteiger partial charge in [0.2, 0.25) is 0 Å². The first kappa shape index (κ1) is 13.5. The topological polar surface area (TPSA) is 37.3 Å². The van der Waals surface area contributed by atoms with E-state index in [1.807, 2.05) is 0 Å². The highest BCUT2D eigenvalue weighted by Crippen LogP contribution is 2.42. The second-order valence-corrected chi connectivity index (χ2v) is 6.17. The number of carbonyl (C=O) groups is 1. The van der Waals surface area contributed by atoms with Crippen molar-refractivity contribution in [2.75, 3.05) is 0 Å². The minimum Gasteiger partial charge on any atom is -0.481 e. The molecule has 0 bridgehead atoms. The molecule has 2 aliphatic carbocycles. The van der Waals surface area contributed by atoms with Gasteiger partial charge in [-0.25, -0.2) is 0 Å². The van der Waals surface area contributed by atoms with Crippen molar-refractivity contribution in [1.29, 1.82) is 0 Å². The third-order valence-corrected chi connectivity index (χ3v) is 3.76. The molecule has 2 fully saturated rings. The summed E-state index contributed by atoms with van der Waals surface area (Å²) >= 11 is 0. The van der Waals surface area contributed by atoms with E-state index in [-0.39, 0.29) is 0 Å². The second kappa shape index (κ2) is 5.70. The summed E-state index contributed by atoms with van der Waals surface area (Å²) in [5.74, 6) is 3.58. The molecule has 2 saturated carbocycles. The molecule has 2 heteroatoms. The van der Waals surface area contributed by atoms with Gasteiger partial charge in [-0.15, -0.1) is 0 Å². The predicted octanol–water partition coefficient (Wildman–Crippen LogP) is 3.81. The van der Waals surface area contributed by atoms with Gasteiger partial charge in [0, 0.05) is 6.42 Å². The molecule has 0 aromatic carbocycles. The average Bonchev–Trinajstić information content (AvgIpc) is 2.96. The molecule has 4 atom stereocenters. The third kappa shape index (κ3) is 5.53. The lowest BCUT2D eigenvalue weighted by atomic mass is 10.1. The van der Waals surface area contributed by atoms with Crippen molar-refractivity contribution in [2.45, 2.75) is 53.4 Å².